The number of hydrogen-bond donors (Lipinski definition) is 4. The molecule has 1 aliphatic heterocycles. The van der Waals surface area contributed by atoms with Gasteiger partial charge in [-0.25, -0.2) is 0 Å². The molecule has 34 heavy (non-hydrogen) atoms. The van der Waals surface area contributed by atoms with E-state index < -0.39 is 6.10 Å². The summed E-state index contributed by atoms with van der Waals surface area (Å²) >= 11 is 0. The van der Waals surface area contributed by atoms with E-state index in [0.29, 0.717) is 29.1 Å². The Kier molecular flexibility index (Phi) is 8.71. The molecule has 1 fully saturated rings. The van der Waals surface area contributed by atoms with Crippen molar-refractivity contribution in [3.05, 3.63) is 76.1 Å². The van der Waals surface area contributed by atoms with Crippen LogP contribution in [-0.4, -0.2) is 65.5 Å². The van der Waals surface area contributed by atoms with Crippen molar-refractivity contribution in [3.63, 3.8) is 0 Å². The van der Waals surface area contributed by atoms with Crippen LogP contribution >= 0.6 is 0 Å². The fraction of sp³-hybridized carbons (Fsp3) is 0.444. The molecule has 0 spiro atoms. The number of ether oxygens (including phenoxy) is 1. The van der Waals surface area contributed by atoms with Crippen molar-refractivity contribution >= 4 is 10.9 Å². The number of aromatic nitrogens is 1. The molecule has 0 bridgehead atoms. The summed E-state index contributed by atoms with van der Waals surface area (Å²) in [4.78, 5) is 17.1. The molecule has 0 amide bonds. The van der Waals surface area contributed by atoms with Crippen molar-refractivity contribution in [2.24, 2.45) is 0 Å². The molecule has 2 heterocycles. The average Bonchev–Trinajstić information content (AvgIpc) is 2.86. The van der Waals surface area contributed by atoms with E-state index in [-0.39, 0.29) is 11.3 Å². The van der Waals surface area contributed by atoms with Crippen LogP contribution in [0.5, 0.6) is 5.75 Å². The molecule has 4 rings (SSSR count). The number of aliphatic hydroxyl groups excluding tert-OH is 1. The number of aromatic amines is 1. The van der Waals surface area contributed by atoms with Crippen LogP contribution in [-0.2, 0) is 11.2 Å². The number of aromatic hydroxyl groups is 1. The largest absolute Gasteiger partial charge is 0.506 e. The minimum Gasteiger partial charge on any atom is -0.506 e. The molecule has 0 radical (unpaired) electrons. The summed E-state index contributed by atoms with van der Waals surface area (Å²) in [6.07, 6.45) is 3.22. The summed E-state index contributed by atoms with van der Waals surface area (Å²) < 4.78 is 5.80. The van der Waals surface area contributed by atoms with Gasteiger partial charge in [0.1, 0.15) is 5.75 Å². The van der Waals surface area contributed by atoms with Gasteiger partial charge in [0, 0.05) is 37.2 Å². The fourth-order valence-electron chi connectivity index (χ4n) is 4.64. The number of phenols is 1. The summed E-state index contributed by atoms with van der Waals surface area (Å²) in [5.74, 6) is 0.00516. The van der Waals surface area contributed by atoms with E-state index in [1.807, 2.05) is 6.07 Å². The molecule has 4 N–H and O–H groups in total. The number of piperidine rings is 1. The Bertz CT molecular complexity index is 1090. The first kappa shape index (κ1) is 24.4. The molecule has 0 unspecified atom stereocenters. The molecule has 3 aromatic rings. The molecule has 0 saturated carbocycles. The zero-order chi connectivity index (χ0) is 23.8. The van der Waals surface area contributed by atoms with Crippen LogP contribution in [0.1, 0.15) is 36.5 Å². The number of pyridine rings is 1. The number of aliphatic hydroxyl groups is 1. The first-order valence-electron chi connectivity index (χ1n) is 12.2. The Morgan fingerprint density at radius 2 is 1.88 bits per heavy atom. The highest BCUT2D eigenvalue weighted by Crippen LogP contribution is 2.27. The maximum absolute atomic E-state index is 12.0. The van der Waals surface area contributed by atoms with E-state index in [2.05, 4.69) is 39.5 Å². The smallest absolute Gasteiger partial charge is 0.248 e. The number of fused-ring (bicyclic) bond motifs is 1. The normalized spacial score (nSPS) is 16.1. The third-order valence-electron chi connectivity index (χ3n) is 6.58. The van der Waals surface area contributed by atoms with E-state index in [0.717, 1.165) is 58.5 Å². The molecule has 0 aliphatic carbocycles. The second-order valence-corrected chi connectivity index (χ2v) is 9.03. The summed E-state index contributed by atoms with van der Waals surface area (Å²) in [6.45, 7) is 5.02. The van der Waals surface area contributed by atoms with Gasteiger partial charge in [-0.2, -0.15) is 0 Å². The summed E-state index contributed by atoms with van der Waals surface area (Å²) in [5, 5.41) is 24.9. The highest BCUT2D eigenvalue weighted by atomic mass is 16.5. The molecule has 1 aromatic heterocycles. The number of nitrogens with one attached hydrogen (secondary N) is 2. The fourth-order valence-corrected chi connectivity index (χ4v) is 4.64. The maximum Gasteiger partial charge on any atom is 0.248 e. The number of phenolic OH excluding ortho intramolecular Hbond substituents is 1. The van der Waals surface area contributed by atoms with Gasteiger partial charge in [-0.05, 0) is 56.0 Å². The van der Waals surface area contributed by atoms with Crippen LogP contribution in [0.15, 0.2) is 59.4 Å². The standard InChI is InChI=1S/C27H35N3O4/c31-24-9-4-8-22-23(18-26(33)29-27(22)24)25(32)19-28-21-10-14-30(15-11-21)13-5-16-34-17-12-20-6-2-1-3-7-20/h1-4,6-9,18,21,25,28,31-32H,5,10-17,19H2,(H,29,33)/t25-/m0/s1. The number of rotatable bonds is 11. The monoisotopic (exact) mass is 465 g/mol. The lowest BCUT2D eigenvalue weighted by molar-refractivity contribution is 0.113. The zero-order valence-corrected chi connectivity index (χ0v) is 19.6. The van der Waals surface area contributed by atoms with Gasteiger partial charge in [0.05, 0.1) is 18.2 Å². The molecule has 1 atom stereocenters. The van der Waals surface area contributed by atoms with Gasteiger partial charge in [-0.1, -0.05) is 42.5 Å². The molecular weight excluding hydrogens is 430 g/mol. The molecule has 1 saturated heterocycles. The van der Waals surface area contributed by atoms with Crippen LogP contribution in [0.4, 0.5) is 0 Å². The second kappa shape index (κ2) is 12.1. The van der Waals surface area contributed by atoms with Gasteiger partial charge < -0.3 is 30.2 Å². The van der Waals surface area contributed by atoms with Crippen molar-refractivity contribution in [3.8, 4) is 5.75 Å². The SMILES string of the molecule is O=c1cc([C@@H](O)CNC2CCN(CCCOCCc3ccccc3)CC2)c2cccc(O)c2[nH]1. The third-order valence-corrected chi connectivity index (χ3v) is 6.58. The van der Waals surface area contributed by atoms with E-state index in [9.17, 15) is 15.0 Å². The third kappa shape index (κ3) is 6.67. The Morgan fingerprint density at radius 3 is 2.68 bits per heavy atom. The quantitative estimate of drug-likeness (QED) is 0.325. The Hall–Kier alpha value is -2.71. The average molecular weight is 466 g/mol. The van der Waals surface area contributed by atoms with E-state index in [1.54, 1.807) is 12.1 Å². The maximum atomic E-state index is 12.0. The predicted molar refractivity (Wildman–Crippen MR) is 134 cm³/mol. The van der Waals surface area contributed by atoms with Gasteiger partial charge in [0.25, 0.3) is 0 Å². The summed E-state index contributed by atoms with van der Waals surface area (Å²) in [6, 6.07) is 17.2. The van der Waals surface area contributed by atoms with E-state index >= 15 is 0 Å². The highest BCUT2D eigenvalue weighted by Gasteiger charge is 2.21. The van der Waals surface area contributed by atoms with Crippen molar-refractivity contribution in [1.82, 2.24) is 15.2 Å². The van der Waals surface area contributed by atoms with Gasteiger partial charge in [-0.15, -0.1) is 0 Å². The van der Waals surface area contributed by atoms with E-state index in [4.69, 9.17) is 4.74 Å². The van der Waals surface area contributed by atoms with Gasteiger partial charge in [-0.3, -0.25) is 4.79 Å². The Morgan fingerprint density at radius 1 is 1.09 bits per heavy atom. The number of likely N-dealkylation sites (tertiary alicyclic amines) is 1. The number of para-hydroxylation sites is 1. The number of H-pyrrole nitrogens is 1. The topological polar surface area (TPSA) is 97.8 Å². The van der Waals surface area contributed by atoms with Gasteiger partial charge >= 0.3 is 0 Å². The molecule has 7 nitrogen and oxygen atoms in total. The Labute approximate surface area is 200 Å². The number of benzene rings is 2. The second-order valence-electron chi connectivity index (χ2n) is 9.03. The van der Waals surface area contributed by atoms with Crippen molar-refractivity contribution in [1.29, 1.82) is 0 Å². The van der Waals surface area contributed by atoms with Crippen molar-refractivity contribution < 1.29 is 14.9 Å². The van der Waals surface area contributed by atoms with Gasteiger partial charge in [0.2, 0.25) is 5.56 Å². The van der Waals surface area contributed by atoms with Crippen LogP contribution < -0.4 is 10.9 Å². The molecule has 7 heteroatoms. The van der Waals surface area contributed by atoms with Crippen LogP contribution in [0.3, 0.4) is 0 Å². The summed E-state index contributed by atoms with van der Waals surface area (Å²) in [7, 11) is 0. The van der Waals surface area contributed by atoms with Gasteiger partial charge in [0.15, 0.2) is 0 Å². The lowest BCUT2D eigenvalue weighted by Gasteiger charge is -2.33. The van der Waals surface area contributed by atoms with E-state index in [1.165, 1.54) is 17.7 Å². The van der Waals surface area contributed by atoms with Crippen molar-refractivity contribution in [2.45, 2.75) is 37.8 Å². The molecule has 182 valence electrons. The minimum atomic E-state index is -0.822. The van der Waals surface area contributed by atoms with Crippen LogP contribution in [0, 0.1) is 0 Å². The minimum absolute atomic E-state index is 0.00516. The number of hydrogen-bond acceptors (Lipinski definition) is 6. The lowest BCUT2D eigenvalue weighted by atomic mass is 10.0. The zero-order valence-electron chi connectivity index (χ0n) is 19.6. The lowest BCUT2D eigenvalue weighted by Crippen LogP contribution is -2.44. The number of nitrogens with zero attached hydrogens (tertiary/aromatic N) is 1. The van der Waals surface area contributed by atoms with Crippen LogP contribution in [0.2, 0.25) is 0 Å². The molecule has 2 aromatic carbocycles. The van der Waals surface area contributed by atoms with Crippen LogP contribution in [0.25, 0.3) is 10.9 Å². The predicted octanol–water partition coefficient (Wildman–Crippen LogP) is 2.97. The molecular formula is C27H35N3O4. The Balaban J connectivity index is 1.14. The first-order valence-corrected chi connectivity index (χ1v) is 12.2. The first-order chi connectivity index (χ1) is 16.6. The summed E-state index contributed by atoms with van der Waals surface area (Å²) in [5.41, 5.74) is 1.88. The molecule has 1 aliphatic rings. The van der Waals surface area contributed by atoms with Crippen molar-refractivity contribution in [2.75, 3.05) is 39.4 Å². The highest BCUT2D eigenvalue weighted by molar-refractivity contribution is 5.87.